The molecule has 0 aliphatic heterocycles. The maximum Gasteiger partial charge on any atom is 0.243 e. The van der Waals surface area contributed by atoms with Gasteiger partial charge in [-0.2, -0.15) is 0 Å². The van der Waals surface area contributed by atoms with Crippen LogP contribution < -0.4 is 9.62 Å². The molecule has 0 bridgehead atoms. The van der Waals surface area contributed by atoms with Gasteiger partial charge >= 0.3 is 0 Å². The number of aryl methyl sites for hydroxylation is 2. The molecule has 0 unspecified atom stereocenters. The second-order valence-corrected chi connectivity index (χ2v) is 13.6. The van der Waals surface area contributed by atoms with Crippen LogP contribution in [0.3, 0.4) is 0 Å². The predicted octanol–water partition coefficient (Wildman–Crippen LogP) is 5.40. The number of sulfonamides is 1. The number of amides is 2. The summed E-state index contributed by atoms with van der Waals surface area (Å²) in [6.45, 7) is 10.0. The predicted molar refractivity (Wildman–Crippen MR) is 166 cm³/mol. The van der Waals surface area contributed by atoms with E-state index < -0.39 is 21.6 Å². The van der Waals surface area contributed by atoms with Crippen LogP contribution in [0, 0.1) is 13.8 Å². The van der Waals surface area contributed by atoms with Crippen molar-refractivity contribution in [2.75, 3.05) is 17.1 Å². The highest BCUT2D eigenvalue weighted by atomic mass is 32.2. The van der Waals surface area contributed by atoms with E-state index in [0.717, 1.165) is 22.3 Å². The maximum absolute atomic E-state index is 13.9. The van der Waals surface area contributed by atoms with Crippen molar-refractivity contribution in [3.05, 3.63) is 101 Å². The lowest BCUT2D eigenvalue weighted by Gasteiger charge is -2.34. The number of carbonyl (C=O) groups excluding carboxylic acids is 2. The minimum absolute atomic E-state index is 0.0950. The molecule has 8 heteroatoms. The Bertz CT molecular complexity index is 1430. The van der Waals surface area contributed by atoms with E-state index in [0.29, 0.717) is 18.5 Å². The van der Waals surface area contributed by atoms with Gasteiger partial charge < -0.3 is 10.2 Å². The van der Waals surface area contributed by atoms with Crippen LogP contribution in [0.4, 0.5) is 5.69 Å². The number of para-hydroxylation sites is 1. The van der Waals surface area contributed by atoms with E-state index in [2.05, 4.69) is 5.32 Å². The standard InChI is InChI=1S/C33H43N3O4S/c1-25-14-12-18-28(22-25)24-35(30(32(38)34-33(3,4)5)23-27-16-8-7-9-17-27)31(37)20-13-21-36(41(6,39)40)29-19-11-10-15-26(29)2/h7-12,14-19,22,30H,13,20-21,23-24H2,1-6H3,(H,34,38)/t30-/m1/s1. The molecule has 0 heterocycles. The molecule has 0 spiro atoms. The van der Waals surface area contributed by atoms with Gasteiger partial charge in [0.2, 0.25) is 21.8 Å². The lowest BCUT2D eigenvalue weighted by atomic mass is 10.00. The van der Waals surface area contributed by atoms with Crippen molar-refractivity contribution in [3.63, 3.8) is 0 Å². The van der Waals surface area contributed by atoms with Gasteiger partial charge in [-0.1, -0.05) is 78.4 Å². The summed E-state index contributed by atoms with van der Waals surface area (Å²) in [6, 6.07) is 24.2. The SMILES string of the molecule is Cc1cccc(CN(C(=O)CCCN(c2ccccc2C)S(C)(=O)=O)[C@H](Cc2ccccc2)C(=O)NC(C)(C)C)c1. The largest absolute Gasteiger partial charge is 0.350 e. The molecule has 41 heavy (non-hydrogen) atoms. The zero-order chi connectivity index (χ0) is 30.2. The van der Waals surface area contributed by atoms with Gasteiger partial charge in [0.1, 0.15) is 6.04 Å². The molecular weight excluding hydrogens is 534 g/mol. The molecule has 3 rings (SSSR count). The fourth-order valence-corrected chi connectivity index (χ4v) is 5.86. The van der Waals surface area contributed by atoms with Crippen LogP contribution in [0.1, 0.15) is 55.9 Å². The molecule has 0 aliphatic rings. The molecule has 220 valence electrons. The first kappa shape index (κ1) is 31.9. The Hall–Kier alpha value is -3.65. The maximum atomic E-state index is 13.9. The Morgan fingerprint density at radius 2 is 1.51 bits per heavy atom. The highest BCUT2D eigenvalue weighted by Gasteiger charge is 2.32. The first-order valence-corrected chi connectivity index (χ1v) is 15.8. The van der Waals surface area contributed by atoms with Gasteiger partial charge in [0.25, 0.3) is 0 Å². The fraction of sp³-hybridized carbons (Fsp3) is 0.394. The molecule has 0 radical (unpaired) electrons. The number of rotatable bonds is 12. The number of benzene rings is 3. The first-order valence-electron chi connectivity index (χ1n) is 14.0. The Morgan fingerprint density at radius 1 is 0.878 bits per heavy atom. The van der Waals surface area contributed by atoms with Gasteiger partial charge in [-0.15, -0.1) is 0 Å². The molecule has 0 saturated heterocycles. The van der Waals surface area contributed by atoms with Gasteiger partial charge in [-0.05, 0) is 63.8 Å². The van der Waals surface area contributed by atoms with Crippen molar-refractivity contribution in [3.8, 4) is 0 Å². The summed E-state index contributed by atoms with van der Waals surface area (Å²) in [5.41, 5.74) is 3.91. The molecule has 2 amide bonds. The van der Waals surface area contributed by atoms with Gasteiger partial charge in [0.05, 0.1) is 11.9 Å². The quantitative estimate of drug-likeness (QED) is 0.312. The van der Waals surface area contributed by atoms with Crippen molar-refractivity contribution >= 4 is 27.5 Å². The second-order valence-electron chi connectivity index (χ2n) is 11.7. The van der Waals surface area contributed by atoms with Crippen LogP contribution in [0.5, 0.6) is 0 Å². The van der Waals surface area contributed by atoms with Gasteiger partial charge in [0, 0.05) is 31.5 Å². The number of hydrogen-bond donors (Lipinski definition) is 1. The van der Waals surface area contributed by atoms with Crippen molar-refractivity contribution in [1.29, 1.82) is 0 Å². The lowest BCUT2D eigenvalue weighted by molar-refractivity contribution is -0.142. The number of nitrogens with one attached hydrogen (secondary N) is 1. The molecule has 0 aromatic heterocycles. The molecule has 3 aromatic carbocycles. The van der Waals surface area contributed by atoms with Crippen LogP contribution in [0.15, 0.2) is 78.9 Å². The minimum Gasteiger partial charge on any atom is -0.350 e. The van der Waals surface area contributed by atoms with Crippen molar-refractivity contribution in [1.82, 2.24) is 10.2 Å². The van der Waals surface area contributed by atoms with Crippen LogP contribution in [-0.4, -0.2) is 49.5 Å². The van der Waals surface area contributed by atoms with E-state index in [1.54, 1.807) is 17.0 Å². The Balaban J connectivity index is 1.91. The zero-order valence-corrected chi connectivity index (χ0v) is 25.9. The molecule has 0 fully saturated rings. The van der Waals surface area contributed by atoms with E-state index in [-0.39, 0.29) is 31.3 Å². The molecule has 0 saturated carbocycles. The Kier molecular flexibility index (Phi) is 10.7. The third kappa shape index (κ3) is 9.74. The summed E-state index contributed by atoms with van der Waals surface area (Å²) in [5.74, 6) is -0.422. The number of nitrogens with zero attached hydrogens (tertiary/aromatic N) is 2. The first-order chi connectivity index (χ1) is 19.2. The molecular formula is C33H43N3O4S. The smallest absolute Gasteiger partial charge is 0.243 e. The molecule has 3 aromatic rings. The molecule has 0 aliphatic carbocycles. The highest BCUT2D eigenvalue weighted by Crippen LogP contribution is 2.23. The third-order valence-corrected chi connectivity index (χ3v) is 7.92. The Labute approximate surface area is 245 Å². The average molecular weight is 578 g/mol. The number of carbonyl (C=O) groups is 2. The summed E-state index contributed by atoms with van der Waals surface area (Å²) in [4.78, 5) is 29.3. The average Bonchev–Trinajstić information content (AvgIpc) is 2.88. The highest BCUT2D eigenvalue weighted by molar-refractivity contribution is 7.92. The van der Waals surface area contributed by atoms with Crippen LogP contribution in [-0.2, 0) is 32.6 Å². The summed E-state index contributed by atoms with van der Waals surface area (Å²) in [7, 11) is -3.56. The number of anilines is 1. The van der Waals surface area contributed by atoms with E-state index in [4.69, 9.17) is 0 Å². The Morgan fingerprint density at radius 3 is 2.12 bits per heavy atom. The van der Waals surface area contributed by atoms with E-state index in [9.17, 15) is 18.0 Å². The third-order valence-electron chi connectivity index (χ3n) is 6.74. The zero-order valence-electron chi connectivity index (χ0n) is 25.1. The van der Waals surface area contributed by atoms with Crippen molar-refractivity contribution in [2.24, 2.45) is 0 Å². The van der Waals surface area contributed by atoms with Crippen molar-refractivity contribution < 1.29 is 18.0 Å². The summed E-state index contributed by atoms with van der Waals surface area (Å²) in [5, 5.41) is 3.07. The molecule has 1 atom stereocenters. The summed E-state index contributed by atoms with van der Waals surface area (Å²) in [6.07, 6.45) is 1.94. The molecule has 1 N–H and O–H groups in total. The topological polar surface area (TPSA) is 86.8 Å². The fourth-order valence-electron chi connectivity index (χ4n) is 4.84. The van der Waals surface area contributed by atoms with Crippen LogP contribution in [0.25, 0.3) is 0 Å². The normalized spacial score (nSPS) is 12.4. The van der Waals surface area contributed by atoms with Gasteiger partial charge in [0.15, 0.2) is 0 Å². The lowest BCUT2D eigenvalue weighted by Crippen LogP contribution is -2.54. The number of hydrogen-bond acceptors (Lipinski definition) is 4. The summed E-state index contributed by atoms with van der Waals surface area (Å²) >= 11 is 0. The van der Waals surface area contributed by atoms with E-state index in [1.807, 2.05) is 101 Å². The molecule has 7 nitrogen and oxygen atoms in total. The van der Waals surface area contributed by atoms with Crippen LogP contribution >= 0.6 is 0 Å². The monoisotopic (exact) mass is 577 g/mol. The van der Waals surface area contributed by atoms with E-state index in [1.165, 1.54) is 10.6 Å². The summed E-state index contributed by atoms with van der Waals surface area (Å²) < 4.78 is 26.7. The van der Waals surface area contributed by atoms with Gasteiger partial charge in [-0.25, -0.2) is 8.42 Å². The second kappa shape index (κ2) is 13.8. The van der Waals surface area contributed by atoms with Gasteiger partial charge in [-0.3, -0.25) is 13.9 Å². The van der Waals surface area contributed by atoms with Crippen LogP contribution in [0.2, 0.25) is 0 Å². The van der Waals surface area contributed by atoms with Crippen molar-refractivity contribution in [2.45, 2.75) is 72.0 Å². The minimum atomic E-state index is -3.56. The van der Waals surface area contributed by atoms with E-state index >= 15 is 0 Å².